The van der Waals surface area contributed by atoms with Crippen LogP contribution in [-0.4, -0.2) is 60.0 Å². The van der Waals surface area contributed by atoms with E-state index in [1.165, 1.54) is 5.06 Å². The molecule has 0 N–H and O–H groups in total. The first-order valence-electron chi connectivity index (χ1n) is 14.6. The molecule has 1 saturated heterocycles. The molecule has 230 valence electrons. The number of benzene rings is 2. The standard InChI is InChI=1S/C33H39ClN2O6S/c1-5-36(31(37)42-32(2,3)4)40-16-17-43-25-10-11-29(34)23(18-25)20-39-33(13-14-33)28-19-35-15-12-26(28)27-8-6-7-9-30(27)41-24-21-38-22-24/h6-12,15,18-19,24H,5,13-14,16-17,20-22H2,1-4H3. The van der Waals surface area contributed by atoms with Crippen molar-refractivity contribution in [3.8, 4) is 16.9 Å². The minimum absolute atomic E-state index is 0.0759. The molecule has 3 aromatic rings. The van der Waals surface area contributed by atoms with Crippen LogP contribution in [0, 0.1) is 0 Å². The number of hydrogen-bond donors (Lipinski definition) is 0. The molecule has 2 fully saturated rings. The number of para-hydroxylation sites is 1. The monoisotopic (exact) mass is 626 g/mol. The molecule has 0 bridgehead atoms. The third-order valence-electron chi connectivity index (χ3n) is 7.10. The summed E-state index contributed by atoms with van der Waals surface area (Å²) >= 11 is 8.23. The minimum atomic E-state index is -0.577. The fraction of sp³-hybridized carbons (Fsp3) is 0.455. The highest BCUT2D eigenvalue weighted by atomic mass is 35.5. The second-order valence-corrected chi connectivity index (χ2v) is 13.2. The number of carbonyl (C=O) groups excluding carboxylic acids is 1. The third-order valence-corrected chi connectivity index (χ3v) is 8.43. The van der Waals surface area contributed by atoms with E-state index in [0.29, 0.717) is 43.7 Å². The predicted octanol–water partition coefficient (Wildman–Crippen LogP) is 7.67. The topological polar surface area (TPSA) is 79.4 Å². The molecule has 2 heterocycles. The average Bonchev–Trinajstić information content (AvgIpc) is 3.75. The van der Waals surface area contributed by atoms with Gasteiger partial charge < -0.3 is 18.9 Å². The fourth-order valence-electron chi connectivity index (χ4n) is 4.71. The van der Waals surface area contributed by atoms with Gasteiger partial charge in [0.25, 0.3) is 0 Å². The molecule has 0 unspecified atom stereocenters. The summed E-state index contributed by atoms with van der Waals surface area (Å²) in [7, 11) is 0. The van der Waals surface area contributed by atoms with E-state index < -0.39 is 17.3 Å². The molecule has 8 nitrogen and oxygen atoms in total. The molecule has 5 rings (SSSR count). The van der Waals surface area contributed by atoms with E-state index in [1.807, 2.05) is 76.5 Å². The number of ether oxygens (including phenoxy) is 4. The van der Waals surface area contributed by atoms with Crippen LogP contribution in [0.5, 0.6) is 5.75 Å². The summed E-state index contributed by atoms with van der Waals surface area (Å²) in [6.07, 6.45) is 5.12. The van der Waals surface area contributed by atoms with Gasteiger partial charge in [-0.25, -0.2) is 4.79 Å². The van der Waals surface area contributed by atoms with Crippen molar-refractivity contribution in [3.05, 3.63) is 77.1 Å². The number of rotatable bonds is 13. The molecule has 1 aromatic heterocycles. The summed E-state index contributed by atoms with van der Waals surface area (Å²) in [5.41, 5.74) is 3.05. The number of halogens is 1. The Morgan fingerprint density at radius 3 is 2.63 bits per heavy atom. The zero-order chi connectivity index (χ0) is 30.5. The molecular formula is C33H39ClN2O6S. The van der Waals surface area contributed by atoms with Gasteiger partial charge in [0, 0.05) is 45.7 Å². The highest BCUT2D eigenvalue weighted by Crippen LogP contribution is 2.53. The Balaban J connectivity index is 1.21. The van der Waals surface area contributed by atoms with Gasteiger partial charge in [0.05, 0.1) is 32.0 Å². The normalized spacial score (nSPS) is 15.9. The van der Waals surface area contributed by atoms with Crippen molar-refractivity contribution < 1.29 is 28.6 Å². The van der Waals surface area contributed by atoms with E-state index in [0.717, 1.165) is 45.7 Å². The van der Waals surface area contributed by atoms with Gasteiger partial charge in [-0.05, 0) is 82.0 Å². The maximum Gasteiger partial charge on any atom is 0.434 e. The van der Waals surface area contributed by atoms with Crippen LogP contribution in [0.1, 0.15) is 51.7 Å². The quantitative estimate of drug-likeness (QED) is 0.109. The van der Waals surface area contributed by atoms with E-state index in [9.17, 15) is 4.79 Å². The first-order valence-corrected chi connectivity index (χ1v) is 16.0. The first-order chi connectivity index (χ1) is 20.7. The average molecular weight is 627 g/mol. The molecule has 1 aliphatic carbocycles. The molecule has 0 radical (unpaired) electrons. The maximum absolute atomic E-state index is 12.3. The van der Waals surface area contributed by atoms with Crippen molar-refractivity contribution in [1.82, 2.24) is 10.0 Å². The van der Waals surface area contributed by atoms with Crippen LogP contribution in [0.25, 0.3) is 11.1 Å². The van der Waals surface area contributed by atoms with Crippen molar-refractivity contribution >= 4 is 29.5 Å². The SMILES string of the molecule is CCN(OCCSc1ccc(Cl)c(COC2(c3cnccc3-c3ccccc3OC3COC3)CC2)c1)C(=O)OC(C)(C)C. The second kappa shape index (κ2) is 13.9. The minimum Gasteiger partial charge on any atom is -0.485 e. The van der Waals surface area contributed by atoms with Crippen molar-refractivity contribution in [2.45, 2.75) is 69.3 Å². The summed E-state index contributed by atoms with van der Waals surface area (Å²) in [5, 5.41) is 1.91. The Labute approximate surface area is 262 Å². The van der Waals surface area contributed by atoms with E-state index in [-0.39, 0.29) is 6.10 Å². The number of carbonyl (C=O) groups is 1. The smallest absolute Gasteiger partial charge is 0.434 e. The van der Waals surface area contributed by atoms with Crippen LogP contribution < -0.4 is 4.74 Å². The van der Waals surface area contributed by atoms with Crippen molar-refractivity contribution in [1.29, 1.82) is 0 Å². The van der Waals surface area contributed by atoms with Gasteiger partial charge in [-0.3, -0.25) is 9.82 Å². The number of hydroxylamine groups is 2. The van der Waals surface area contributed by atoms with Crippen molar-refractivity contribution in [2.24, 2.45) is 0 Å². The molecule has 2 aliphatic rings. The third kappa shape index (κ3) is 8.22. The Bertz CT molecular complexity index is 1410. The van der Waals surface area contributed by atoms with Crippen LogP contribution in [-0.2, 0) is 31.3 Å². The van der Waals surface area contributed by atoms with E-state index in [2.05, 4.69) is 17.1 Å². The molecule has 1 aliphatic heterocycles. The summed E-state index contributed by atoms with van der Waals surface area (Å²) in [6.45, 7) is 9.69. The number of aromatic nitrogens is 1. The summed E-state index contributed by atoms with van der Waals surface area (Å²) in [5.74, 6) is 1.49. The van der Waals surface area contributed by atoms with E-state index >= 15 is 0 Å². The lowest BCUT2D eigenvalue weighted by atomic mass is 9.96. The largest absolute Gasteiger partial charge is 0.485 e. The molecule has 43 heavy (non-hydrogen) atoms. The molecule has 1 amide bonds. The maximum atomic E-state index is 12.3. The Morgan fingerprint density at radius 1 is 1.14 bits per heavy atom. The second-order valence-electron chi connectivity index (χ2n) is 11.6. The van der Waals surface area contributed by atoms with Gasteiger partial charge in [-0.15, -0.1) is 11.8 Å². The van der Waals surface area contributed by atoms with Gasteiger partial charge in [0.1, 0.15) is 17.5 Å². The van der Waals surface area contributed by atoms with Crippen molar-refractivity contribution in [2.75, 3.05) is 32.1 Å². The number of hydrogen-bond acceptors (Lipinski definition) is 8. The Morgan fingerprint density at radius 2 is 1.93 bits per heavy atom. The van der Waals surface area contributed by atoms with Crippen LogP contribution >= 0.6 is 23.4 Å². The predicted molar refractivity (Wildman–Crippen MR) is 167 cm³/mol. The lowest BCUT2D eigenvalue weighted by molar-refractivity contribution is -0.139. The molecule has 0 spiro atoms. The molecule has 0 atom stereocenters. The molecule has 1 saturated carbocycles. The van der Waals surface area contributed by atoms with Crippen LogP contribution in [0.2, 0.25) is 5.02 Å². The lowest BCUT2D eigenvalue weighted by Gasteiger charge is -2.28. The van der Waals surface area contributed by atoms with Gasteiger partial charge in [-0.1, -0.05) is 29.8 Å². The van der Waals surface area contributed by atoms with E-state index in [4.69, 9.17) is 35.4 Å². The number of pyridine rings is 1. The van der Waals surface area contributed by atoms with Crippen molar-refractivity contribution in [3.63, 3.8) is 0 Å². The highest BCUT2D eigenvalue weighted by molar-refractivity contribution is 7.99. The van der Waals surface area contributed by atoms with Crippen LogP contribution in [0.3, 0.4) is 0 Å². The Kier molecular flexibility index (Phi) is 10.2. The lowest BCUT2D eigenvalue weighted by Crippen LogP contribution is -2.38. The zero-order valence-electron chi connectivity index (χ0n) is 25.1. The zero-order valence-corrected chi connectivity index (χ0v) is 26.7. The Hall–Kier alpha value is -2.82. The summed E-state index contributed by atoms with van der Waals surface area (Å²) < 4.78 is 23.6. The number of thioether (sulfide) groups is 1. The molecule has 10 heteroatoms. The fourth-order valence-corrected chi connectivity index (χ4v) is 5.67. The van der Waals surface area contributed by atoms with Crippen LogP contribution in [0.4, 0.5) is 4.79 Å². The van der Waals surface area contributed by atoms with Gasteiger partial charge in [0.15, 0.2) is 0 Å². The molecular weight excluding hydrogens is 588 g/mol. The highest BCUT2D eigenvalue weighted by Gasteiger charge is 2.47. The van der Waals surface area contributed by atoms with Gasteiger partial charge in [0.2, 0.25) is 0 Å². The summed E-state index contributed by atoms with van der Waals surface area (Å²) in [4.78, 5) is 23.5. The van der Waals surface area contributed by atoms with Gasteiger partial charge in [-0.2, -0.15) is 5.06 Å². The summed E-state index contributed by atoms with van der Waals surface area (Å²) in [6, 6.07) is 16.1. The van der Waals surface area contributed by atoms with E-state index in [1.54, 1.807) is 11.8 Å². The number of nitrogens with zero attached hydrogens (tertiary/aromatic N) is 2. The first kappa shape index (κ1) is 31.6. The van der Waals surface area contributed by atoms with Gasteiger partial charge >= 0.3 is 6.09 Å². The number of amides is 1. The van der Waals surface area contributed by atoms with Crippen LogP contribution in [0.15, 0.2) is 65.8 Å². The molecule has 2 aromatic carbocycles.